The summed E-state index contributed by atoms with van der Waals surface area (Å²) in [6.45, 7) is 3.06. The zero-order valence-corrected chi connectivity index (χ0v) is 10.2. The van der Waals surface area contributed by atoms with Gasteiger partial charge in [0.2, 0.25) is 5.82 Å². The van der Waals surface area contributed by atoms with E-state index in [1.54, 1.807) is 13.1 Å². The van der Waals surface area contributed by atoms with Crippen LogP contribution in [0.2, 0.25) is 0 Å². The highest BCUT2D eigenvalue weighted by atomic mass is 16.6. The van der Waals surface area contributed by atoms with E-state index in [9.17, 15) is 14.9 Å². The third-order valence-electron chi connectivity index (χ3n) is 3.21. The quantitative estimate of drug-likeness (QED) is 0.463. The maximum atomic E-state index is 11.0. The van der Waals surface area contributed by atoms with E-state index >= 15 is 0 Å². The van der Waals surface area contributed by atoms with Crippen molar-refractivity contribution < 1.29 is 9.72 Å². The fraction of sp³-hybridized carbons (Fsp3) is 0.500. The lowest BCUT2D eigenvalue weighted by molar-refractivity contribution is -0.384. The Bertz CT molecular complexity index is 468. The molecule has 2 rings (SSSR count). The Morgan fingerprint density at radius 3 is 2.72 bits per heavy atom. The second kappa shape index (κ2) is 5.12. The molecule has 1 aliphatic rings. The number of aryl methyl sites for hydroxylation is 1. The number of piperidine rings is 1. The van der Waals surface area contributed by atoms with Crippen molar-refractivity contribution in [3.8, 4) is 0 Å². The van der Waals surface area contributed by atoms with Crippen molar-refractivity contribution in [2.24, 2.45) is 5.92 Å². The highest BCUT2D eigenvalue weighted by Crippen LogP contribution is 2.29. The van der Waals surface area contributed by atoms with Crippen LogP contribution < -0.4 is 4.90 Å². The predicted molar refractivity (Wildman–Crippen MR) is 66.6 cm³/mol. The van der Waals surface area contributed by atoms with Gasteiger partial charge in [0, 0.05) is 31.3 Å². The summed E-state index contributed by atoms with van der Waals surface area (Å²) in [6.07, 6.45) is 4.06. The summed E-state index contributed by atoms with van der Waals surface area (Å²) in [5, 5.41) is 11.0. The molecule has 6 nitrogen and oxygen atoms in total. The summed E-state index contributed by atoms with van der Waals surface area (Å²) in [5.41, 5.74) is 0.813. The maximum Gasteiger partial charge on any atom is 0.311 e. The first kappa shape index (κ1) is 12.5. The highest BCUT2D eigenvalue weighted by molar-refractivity contribution is 5.60. The number of carbonyl (C=O) groups is 1. The van der Waals surface area contributed by atoms with Crippen LogP contribution in [0.3, 0.4) is 0 Å². The molecule has 0 bridgehead atoms. The van der Waals surface area contributed by atoms with Crippen molar-refractivity contribution in [3.05, 3.63) is 27.9 Å². The molecule has 0 spiro atoms. The highest BCUT2D eigenvalue weighted by Gasteiger charge is 2.25. The molecule has 0 aliphatic carbocycles. The second-order valence-corrected chi connectivity index (χ2v) is 4.57. The lowest BCUT2D eigenvalue weighted by Crippen LogP contribution is -2.35. The summed E-state index contributed by atoms with van der Waals surface area (Å²) in [4.78, 5) is 27.4. The SMILES string of the molecule is Cc1cnc(N2CCC(C=O)CC2)c([N+](=O)[O-])c1. The molecule has 0 N–H and O–H groups in total. The molecule has 6 heteroatoms. The van der Waals surface area contributed by atoms with Gasteiger partial charge >= 0.3 is 5.69 Å². The number of hydrogen-bond acceptors (Lipinski definition) is 5. The zero-order valence-electron chi connectivity index (χ0n) is 10.2. The van der Waals surface area contributed by atoms with Crippen LogP contribution in [-0.4, -0.2) is 29.3 Å². The Kier molecular flexibility index (Phi) is 3.55. The molecule has 96 valence electrons. The van der Waals surface area contributed by atoms with Crippen LogP contribution in [0.15, 0.2) is 12.3 Å². The fourth-order valence-corrected chi connectivity index (χ4v) is 2.17. The van der Waals surface area contributed by atoms with Crippen molar-refractivity contribution in [2.45, 2.75) is 19.8 Å². The number of nitrogens with zero attached hydrogens (tertiary/aromatic N) is 3. The maximum absolute atomic E-state index is 11.0. The van der Waals surface area contributed by atoms with Gasteiger partial charge in [0.05, 0.1) is 4.92 Å². The van der Waals surface area contributed by atoms with Crippen molar-refractivity contribution in [1.29, 1.82) is 0 Å². The van der Waals surface area contributed by atoms with E-state index < -0.39 is 4.92 Å². The standard InChI is InChI=1S/C12H15N3O3/c1-9-6-11(15(17)18)12(13-7-9)14-4-2-10(8-16)3-5-14/h6-8,10H,2-5H2,1H3. The Balaban J connectivity index is 2.23. The van der Waals surface area contributed by atoms with Crippen molar-refractivity contribution in [3.63, 3.8) is 0 Å². The van der Waals surface area contributed by atoms with Crippen LogP contribution in [0.5, 0.6) is 0 Å². The third kappa shape index (κ3) is 2.47. The first-order chi connectivity index (χ1) is 8.61. The molecule has 18 heavy (non-hydrogen) atoms. The summed E-state index contributed by atoms with van der Waals surface area (Å²) < 4.78 is 0. The molecule has 1 aromatic heterocycles. The number of anilines is 1. The molecule has 1 aliphatic heterocycles. The van der Waals surface area contributed by atoms with E-state index in [2.05, 4.69) is 4.98 Å². The van der Waals surface area contributed by atoms with Crippen molar-refractivity contribution >= 4 is 17.8 Å². The van der Waals surface area contributed by atoms with Crippen LogP contribution >= 0.6 is 0 Å². The zero-order chi connectivity index (χ0) is 13.1. The third-order valence-corrected chi connectivity index (χ3v) is 3.21. The molecule has 0 saturated carbocycles. The molecule has 0 aromatic carbocycles. The number of nitro groups is 1. The average Bonchev–Trinajstić information content (AvgIpc) is 2.39. The van der Waals surface area contributed by atoms with Gasteiger partial charge in [-0.3, -0.25) is 10.1 Å². The minimum atomic E-state index is -0.402. The molecule has 1 saturated heterocycles. The Hall–Kier alpha value is -1.98. The first-order valence-electron chi connectivity index (χ1n) is 5.93. The summed E-state index contributed by atoms with van der Waals surface area (Å²) >= 11 is 0. The second-order valence-electron chi connectivity index (χ2n) is 4.57. The van der Waals surface area contributed by atoms with Gasteiger partial charge in [-0.25, -0.2) is 4.98 Å². The normalized spacial score (nSPS) is 16.6. The number of aromatic nitrogens is 1. The molecule has 1 fully saturated rings. The van der Waals surface area contributed by atoms with Gasteiger partial charge in [-0.05, 0) is 25.3 Å². The van der Waals surface area contributed by atoms with E-state index in [-0.39, 0.29) is 11.6 Å². The smallest absolute Gasteiger partial charge is 0.311 e. The number of pyridine rings is 1. The Labute approximate surface area is 105 Å². The largest absolute Gasteiger partial charge is 0.351 e. The van der Waals surface area contributed by atoms with Gasteiger partial charge in [-0.2, -0.15) is 0 Å². The Morgan fingerprint density at radius 1 is 1.50 bits per heavy atom. The van der Waals surface area contributed by atoms with Crippen LogP contribution in [-0.2, 0) is 4.79 Å². The van der Waals surface area contributed by atoms with E-state index in [0.29, 0.717) is 18.9 Å². The molecule has 0 atom stereocenters. The molecule has 0 radical (unpaired) electrons. The molecule has 2 heterocycles. The van der Waals surface area contributed by atoms with Gasteiger partial charge in [0.1, 0.15) is 6.29 Å². The van der Waals surface area contributed by atoms with Gasteiger partial charge in [0.25, 0.3) is 0 Å². The van der Waals surface area contributed by atoms with E-state index in [1.807, 2.05) is 4.90 Å². The van der Waals surface area contributed by atoms with E-state index in [4.69, 9.17) is 0 Å². The lowest BCUT2D eigenvalue weighted by atomic mass is 9.98. The predicted octanol–water partition coefficient (Wildman–Crippen LogP) is 1.71. The average molecular weight is 249 g/mol. The van der Waals surface area contributed by atoms with E-state index in [0.717, 1.165) is 24.7 Å². The first-order valence-corrected chi connectivity index (χ1v) is 5.93. The summed E-state index contributed by atoms with van der Waals surface area (Å²) in [6, 6.07) is 1.54. The minimum Gasteiger partial charge on any atom is -0.351 e. The van der Waals surface area contributed by atoms with Crippen LogP contribution in [0, 0.1) is 23.0 Å². The van der Waals surface area contributed by atoms with Crippen LogP contribution in [0.4, 0.5) is 11.5 Å². The van der Waals surface area contributed by atoms with Gasteiger partial charge in [-0.15, -0.1) is 0 Å². The number of aldehydes is 1. The molecule has 1 aromatic rings. The lowest BCUT2D eigenvalue weighted by Gasteiger charge is -2.30. The molecule has 0 amide bonds. The van der Waals surface area contributed by atoms with Gasteiger partial charge in [0.15, 0.2) is 0 Å². The summed E-state index contributed by atoms with van der Waals surface area (Å²) in [5.74, 6) is 0.487. The Morgan fingerprint density at radius 2 is 2.17 bits per heavy atom. The topological polar surface area (TPSA) is 76.3 Å². The number of carbonyl (C=O) groups excluding carboxylic acids is 1. The molecular formula is C12H15N3O3. The van der Waals surface area contributed by atoms with Crippen LogP contribution in [0.1, 0.15) is 18.4 Å². The van der Waals surface area contributed by atoms with E-state index in [1.165, 1.54) is 6.07 Å². The van der Waals surface area contributed by atoms with Gasteiger partial charge in [-0.1, -0.05) is 0 Å². The monoisotopic (exact) mass is 249 g/mol. The number of rotatable bonds is 3. The minimum absolute atomic E-state index is 0.0413. The van der Waals surface area contributed by atoms with Crippen LogP contribution in [0.25, 0.3) is 0 Å². The number of hydrogen-bond donors (Lipinski definition) is 0. The van der Waals surface area contributed by atoms with Crippen molar-refractivity contribution in [1.82, 2.24) is 4.98 Å². The molecular weight excluding hydrogens is 234 g/mol. The van der Waals surface area contributed by atoms with Gasteiger partial charge < -0.3 is 9.69 Å². The van der Waals surface area contributed by atoms with Crippen molar-refractivity contribution in [2.75, 3.05) is 18.0 Å². The fourth-order valence-electron chi connectivity index (χ4n) is 2.17. The molecule has 0 unspecified atom stereocenters. The summed E-state index contributed by atoms with van der Waals surface area (Å²) in [7, 11) is 0.